The molecule has 2 amide bonds. The molecule has 0 heterocycles. The highest BCUT2D eigenvalue weighted by molar-refractivity contribution is 7.92. The highest BCUT2D eigenvalue weighted by Gasteiger charge is 2.33. The van der Waals surface area contributed by atoms with E-state index in [1.54, 1.807) is 51.1 Å². The fourth-order valence-corrected chi connectivity index (χ4v) is 5.32. The molecule has 10 heteroatoms. The minimum atomic E-state index is -4.33. The van der Waals surface area contributed by atoms with Gasteiger partial charge < -0.3 is 10.2 Å². The van der Waals surface area contributed by atoms with Gasteiger partial charge in [-0.3, -0.25) is 13.9 Å². The lowest BCUT2D eigenvalue weighted by molar-refractivity contribution is -0.139. The molecule has 7 nitrogen and oxygen atoms in total. The Labute approximate surface area is 221 Å². The third kappa shape index (κ3) is 6.87. The van der Waals surface area contributed by atoms with Crippen molar-refractivity contribution >= 4 is 39.1 Å². The lowest BCUT2D eigenvalue weighted by Crippen LogP contribution is -2.52. The molecule has 0 saturated carbocycles. The zero-order valence-electron chi connectivity index (χ0n) is 20.8. The van der Waals surface area contributed by atoms with E-state index < -0.39 is 40.2 Å². The second-order valence-electron chi connectivity index (χ2n) is 8.73. The second-order valence-corrected chi connectivity index (χ2v) is 11.0. The summed E-state index contributed by atoms with van der Waals surface area (Å²) < 4.78 is 42.8. The van der Waals surface area contributed by atoms with Crippen molar-refractivity contribution < 1.29 is 22.4 Å². The average molecular weight is 546 g/mol. The summed E-state index contributed by atoms with van der Waals surface area (Å²) >= 11 is 6.32. The Hall–Kier alpha value is -3.43. The van der Waals surface area contributed by atoms with Crippen molar-refractivity contribution in [1.29, 1.82) is 0 Å². The van der Waals surface area contributed by atoms with Crippen LogP contribution in [0.15, 0.2) is 83.8 Å². The maximum atomic E-state index is 14.9. The van der Waals surface area contributed by atoms with Gasteiger partial charge in [0.15, 0.2) is 0 Å². The summed E-state index contributed by atoms with van der Waals surface area (Å²) in [6, 6.07) is 18.5. The molecule has 0 bridgehead atoms. The minimum Gasteiger partial charge on any atom is -0.352 e. The molecule has 0 aromatic heterocycles. The van der Waals surface area contributed by atoms with Gasteiger partial charge in [0.2, 0.25) is 11.8 Å². The summed E-state index contributed by atoms with van der Waals surface area (Å²) in [6.07, 6.45) is 0. The average Bonchev–Trinajstić information content (AvgIpc) is 2.87. The smallest absolute Gasteiger partial charge is 0.264 e. The Bertz CT molecular complexity index is 1350. The first kappa shape index (κ1) is 28.1. The fourth-order valence-electron chi connectivity index (χ4n) is 3.68. The molecule has 37 heavy (non-hydrogen) atoms. The molecule has 0 saturated heterocycles. The molecule has 0 aliphatic heterocycles. The molecular weight excluding hydrogens is 517 g/mol. The first-order chi connectivity index (χ1) is 17.5. The number of carbonyl (C=O) groups is 2. The summed E-state index contributed by atoms with van der Waals surface area (Å²) in [5.74, 6) is -1.93. The number of benzene rings is 3. The van der Waals surface area contributed by atoms with E-state index in [4.69, 9.17) is 11.6 Å². The van der Waals surface area contributed by atoms with Gasteiger partial charge in [0.25, 0.3) is 10.0 Å². The SMILES string of the molecule is CC(C)NC(=O)[C@H](C)N(Cc1ccccc1Cl)C(=O)CN(c1ccccc1F)S(=O)(=O)c1ccccc1. The summed E-state index contributed by atoms with van der Waals surface area (Å²) in [5, 5.41) is 3.16. The van der Waals surface area contributed by atoms with Gasteiger partial charge in [-0.2, -0.15) is 0 Å². The molecule has 3 aromatic rings. The molecule has 0 spiro atoms. The molecule has 1 atom stereocenters. The van der Waals surface area contributed by atoms with Crippen LogP contribution in [0.2, 0.25) is 5.02 Å². The van der Waals surface area contributed by atoms with Crippen LogP contribution in [-0.2, 0) is 26.2 Å². The molecule has 0 aliphatic carbocycles. The largest absolute Gasteiger partial charge is 0.352 e. The number of nitrogens with one attached hydrogen (secondary N) is 1. The molecule has 196 valence electrons. The fraction of sp³-hybridized carbons (Fsp3) is 0.259. The third-order valence-electron chi connectivity index (χ3n) is 5.63. The molecular formula is C27H29ClFN3O4S. The van der Waals surface area contributed by atoms with Crippen LogP contribution < -0.4 is 9.62 Å². The van der Waals surface area contributed by atoms with Crippen LogP contribution in [0.5, 0.6) is 0 Å². The monoisotopic (exact) mass is 545 g/mol. The van der Waals surface area contributed by atoms with E-state index in [2.05, 4.69) is 5.32 Å². The van der Waals surface area contributed by atoms with E-state index in [-0.39, 0.29) is 23.2 Å². The van der Waals surface area contributed by atoms with Crippen LogP contribution in [0.3, 0.4) is 0 Å². The Morgan fingerprint density at radius 2 is 1.51 bits per heavy atom. The summed E-state index contributed by atoms with van der Waals surface area (Å²) in [6.45, 7) is 4.34. The summed E-state index contributed by atoms with van der Waals surface area (Å²) in [5.41, 5.74) is 0.293. The number of carbonyl (C=O) groups excluding carboxylic acids is 2. The van der Waals surface area contributed by atoms with E-state index in [0.29, 0.717) is 10.6 Å². The maximum absolute atomic E-state index is 14.9. The Balaban J connectivity index is 2.04. The Kier molecular flexibility index (Phi) is 9.29. The van der Waals surface area contributed by atoms with Crippen LogP contribution in [0.1, 0.15) is 26.3 Å². The molecule has 0 fully saturated rings. The van der Waals surface area contributed by atoms with Gasteiger partial charge >= 0.3 is 0 Å². The van der Waals surface area contributed by atoms with Crippen molar-refractivity contribution in [3.8, 4) is 0 Å². The summed E-state index contributed by atoms with van der Waals surface area (Å²) in [4.78, 5) is 27.8. The topological polar surface area (TPSA) is 86.8 Å². The maximum Gasteiger partial charge on any atom is 0.264 e. The number of anilines is 1. The van der Waals surface area contributed by atoms with E-state index in [0.717, 1.165) is 10.4 Å². The first-order valence-corrected chi connectivity index (χ1v) is 13.5. The first-order valence-electron chi connectivity index (χ1n) is 11.7. The van der Waals surface area contributed by atoms with Crippen molar-refractivity contribution in [1.82, 2.24) is 10.2 Å². The molecule has 0 aliphatic rings. The zero-order chi connectivity index (χ0) is 27.2. The number of hydrogen-bond donors (Lipinski definition) is 1. The van der Waals surface area contributed by atoms with E-state index in [1.807, 2.05) is 0 Å². The van der Waals surface area contributed by atoms with E-state index >= 15 is 0 Å². The summed E-state index contributed by atoms with van der Waals surface area (Å²) in [7, 11) is -4.33. The number of halogens is 2. The normalized spacial score (nSPS) is 12.2. The number of nitrogens with zero attached hydrogens (tertiary/aromatic N) is 2. The van der Waals surface area contributed by atoms with E-state index in [1.165, 1.54) is 47.4 Å². The number of sulfonamides is 1. The van der Waals surface area contributed by atoms with Gasteiger partial charge in [-0.1, -0.05) is 60.1 Å². The van der Waals surface area contributed by atoms with Crippen molar-refractivity contribution in [3.05, 3.63) is 95.3 Å². The van der Waals surface area contributed by atoms with Gasteiger partial charge in [0.1, 0.15) is 18.4 Å². The van der Waals surface area contributed by atoms with Crippen LogP contribution in [0, 0.1) is 5.82 Å². The standard InChI is InChI=1S/C27H29ClFN3O4S/c1-19(2)30-27(34)20(3)31(17-21-11-7-8-14-23(21)28)26(33)18-32(25-16-10-9-15-24(25)29)37(35,36)22-12-5-4-6-13-22/h4-16,19-20H,17-18H2,1-3H3,(H,30,34)/t20-/m0/s1. The highest BCUT2D eigenvalue weighted by Crippen LogP contribution is 2.27. The van der Waals surface area contributed by atoms with Crippen LogP contribution in [0.25, 0.3) is 0 Å². The van der Waals surface area contributed by atoms with Gasteiger partial charge in [-0.15, -0.1) is 0 Å². The van der Waals surface area contributed by atoms with Crippen LogP contribution >= 0.6 is 11.6 Å². The van der Waals surface area contributed by atoms with Gasteiger partial charge in [0, 0.05) is 17.6 Å². The molecule has 0 unspecified atom stereocenters. The van der Waals surface area contributed by atoms with Crippen molar-refractivity contribution in [3.63, 3.8) is 0 Å². The van der Waals surface area contributed by atoms with Gasteiger partial charge in [0.05, 0.1) is 10.6 Å². The number of amides is 2. The Morgan fingerprint density at radius 1 is 0.919 bits per heavy atom. The van der Waals surface area contributed by atoms with Crippen LogP contribution in [0.4, 0.5) is 10.1 Å². The Morgan fingerprint density at radius 3 is 2.14 bits per heavy atom. The highest BCUT2D eigenvalue weighted by atomic mass is 35.5. The predicted octanol–water partition coefficient (Wildman–Crippen LogP) is 4.62. The van der Waals surface area contributed by atoms with Crippen molar-refractivity contribution in [2.45, 2.75) is 44.3 Å². The van der Waals surface area contributed by atoms with Gasteiger partial charge in [-0.25, -0.2) is 12.8 Å². The van der Waals surface area contributed by atoms with E-state index in [9.17, 15) is 22.4 Å². The molecule has 3 aromatic carbocycles. The second kappa shape index (κ2) is 12.2. The molecule has 0 radical (unpaired) electrons. The van der Waals surface area contributed by atoms with Crippen LogP contribution in [-0.4, -0.2) is 43.8 Å². The lowest BCUT2D eigenvalue weighted by Gasteiger charge is -2.32. The quantitative estimate of drug-likeness (QED) is 0.403. The number of hydrogen-bond acceptors (Lipinski definition) is 4. The minimum absolute atomic E-state index is 0.0539. The van der Waals surface area contributed by atoms with Gasteiger partial charge in [-0.05, 0) is 56.7 Å². The molecule has 3 rings (SSSR count). The zero-order valence-corrected chi connectivity index (χ0v) is 22.3. The molecule has 1 N–H and O–H groups in total. The lowest BCUT2D eigenvalue weighted by atomic mass is 10.1. The number of para-hydroxylation sites is 1. The third-order valence-corrected chi connectivity index (χ3v) is 7.77. The number of rotatable bonds is 10. The van der Waals surface area contributed by atoms with Crippen molar-refractivity contribution in [2.24, 2.45) is 0 Å². The van der Waals surface area contributed by atoms with Crippen molar-refractivity contribution in [2.75, 3.05) is 10.8 Å². The predicted molar refractivity (Wildman–Crippen MR) is 142 cm³/mol.